The van der Waals surface area contributed by atoms with Crippen LogP contribution in [-0.2, 0) is 9.53 Å². The Labute approximate surface area is 85.1 Å². The van der Waals surface area contributed by atoms with Crippen molar-refractivity contribution in [3.63, 3.8) is 0 Å². The third-order valence-corrected chi connectivity index (χ3v) is 1.68. The highest BCUT2D eigenvalue weighted by atomic mass is 16.5. The molecule has 0 unspecified atom stereocenters. The molecule has 0 aliphatic rings. The van der Waals surface area contributed by atoms with Gasteiger partial charge in [-0.05, 0) is 19.9 Å². The lowest BCUT2D eigenvalue weighted by atomic mass is 10.1. The van der Waals surface area contributed by atoms with E-state index in [1.807, 2.05) is 0 Å². The second kappa shape index (κ2) is 7.14. The van der Waals surface area contributed by atoms with Crippen molar-refractivity contribution >= 4 is 11.9 Å². The molecule has 0 saturated carbocycles. The van der Waals surface area contributed by atoms with Crippen molar-refractivity contribution in [1.29, 1.82) is 0 Å². The molecule has 0 aromatic rings. The molecule has 6 heteroatoms. The number of likely N-dealkylation sites (N-methyl/N-ethyl adjacent to an activating group) is 1. The minimum Gasteiger partial charge on any atom is -0.468 e. The van der Waals surface area contributed by atoms with Gasteiger partial charge in [0.05, 0.1) is 7.11 Å². The van der Waals surface area contributed by atoms with Crippen molar-refractivity contribution in [2.24, 2.45) is 16.5 Å². The van der Waals surface area contributed by atoms with Crippen LogP contribution < -0.4 is 16.8 Å². The van der Waals surface area contributed by atoms with Crippen LogP contribution in [0.1, 0.15) is 14.2 Å². The van der Waals surface area contributed by atoms with Gasteiger partial charge >= 0.3 is 5.97 Å². The van der Waals surface area contributed by atoms with Gasteiger partial charge in [0.2, 0.25) is 0 Å². The van der Waals surface area contributed by atoms with Gasteiger partial charge in [0, 0.05) is 7.92 Å². The van der Waals surface area contributed by atoms with E-state index in [1.165, 1.54) is 7.11 Å². The van der Waals surface area contributed by atoms with Crippen LogP contribution in [0.4, 0.5) is 0 Å². The topological polar surface area (TPSA) is 103 Å². The van der Waals surface area contributed by atoms with Crippen LogP contribution in [-0.4, -0.2) is 38.6 Å². The van der Waals surface area contributed by atoms with Crippen LogP contribution >= 0.6 is 0 Å². The van der Waals surface area contributed by atoms with Gasteiger partial charge < -0.3 is 21.5 Å². The first kappa shape index (κ1) is 10.8. The summed E-state index contributed by atoms with van der Waals surface area (Å²) in [6.45, 7) is 0.468. The van der Waals surface area contributed by atoms with Crippen molar-refractivity contribution in [2.45, 2.75) is 18.9 Å². The van der Waals surface area contributed by atoms with E-state index in [0.29, 0.717) is 19.4 Å². The number of nitrogens with zero attached hydrogens (tertiary/aromatic N) is 1. The molecule has 0 radical (unpaired) electrons. The lowest BCUT2D eigenvalue weighted by molar-refractivity contribution is -0.143. The molecule has 0 aromatic heterocycles. The number of methoxy groups -OCH3 is 1. The summed E-state index contributed by atoms with van der Waals surface area (Å²) in [6, 6.07) is -0.457. The lowest BCUT2D eigenvalue weighted by Crippen LogP contribution is -2.35. The molecule has 14 heavy (non-hydrogen) atoms. The van der Waals surface area contributed by atoms with Crippen LogP contribution in [0.15, 0.2) is 4.99 Å². The van der Waals surface area contributed by atoms with Crippen molar-refractivity contribution in [3.8, 4) is 0 Å². The van der Waals surface area contributed by atoms with Crippen LogP contribution in [0.25, 0.3) is 0 Å². The molecule has 0 amide bonds. The predicted octanol–water partition coefficient (Wildman–Crippen LogP) is -1.20. The van der Waals surface area contributed by atoms with Crippen LogP contribution in [0.3, 0.4) is 0 Å². The molecule has 5 N–H and O–H groups in total. The maximum atomic E-state index is 11.2. The molecule has 0 saturated heterocycles. The Kier molecular flexibility index (Phi) is 5.49. The van der Waals surface area contributed by atoms with Gasteiger partial charge in [0.15, 0.2) is 5.96 Å². The monoisotopic (exact) mass is 203 g/mol. The molecule has 0 fully saturated rings. The summed E-state index contributed by atoms with van der Waals surface area (Å²) in [7, 11) is 1.29. The van der Waals surface area contributed by atoms with E-state index in [1.54, 1.807) is 0 Å². The third kappa shape index (κ3) is 5.36. The minimum absolute atomic E-state index is 0.0257. The Morgan fingerprint density at radius 2 is 2.43 bits per heavy atom. The third-order valence-electron chi connectivity index (χ3n) is 1.68. The SMILES string of the molecule is [2H]CN[C@@H](CCCN=C(N)N)C(=O)OC. The largest absolute Gasteiger partial charge is 0.468 e. The van der Waals surface area contributed by atoms with Gasteiger partial charge in [0.25, 0.3) is 0 Å². The van der Waals surface area contributed by atoms with Gasteiger partial charge in [-0.1, -0.05) is 0 Å². The minimum atomic E-state index is -0.457. The second-order valence-electron chi connectivity index (χ2n) is 2.73. The standard InChI is InChI=1S/C8H18N4O2/c1-11-6(7(13)14-2)4-3-5-12-8(9)10/h6,11H,3-5H2,1-2H3,(H4,9,10,12)/t6-/m0/s1/i1D. The predicted molar refractivity (Wildman–Crippen MR) is 54.8 cm³/mol. The van der Waals surface area contributed by atoms with E-state index >= 15 is 0 Å². The first-order valence-electron chi connectivity index (χ1n) is 4.98. The first-order chi connectivity index (χ1) is 7.11. The van der Waals surface area contributed by atoms with Gasteiger partial charge in [-0.2, -0.15) is 0 Å². The Balaban J connectivity index is 3.86. The zero-order chi connectivity index (χ0) is 11.7. The fourth-order valence-electron chi connectivity index (χ4n) is 0.949. The highest BCUT2D eigenvalue weighted by molar-refractivity contribution is 5.76. The second-order valence-corrected chi connectivity index (χ2v) is 2.73. The molecule has 6 nitrogen and oxygen atoms in total. The van der Waals surface area contributed by atoms with Gasteiger partial charge in [-0.3, -0.25) is 9.79 Å². The van der Waals surface area contributed by atoms with Gasteiger partial charge in [-0.25, -0.2) is 0 Å². The number of rotatable bonds is 6. The number of nitrogens with two attached hydrogens (primary N) is 2. The van der Waals surface area contributed by atoms with E-state index in [-0.39, 0.29) is 19.0 Å². The number of aliphatic imine (C=N–C) groups is 1. The van der Waals surface area contributed by atoms with E-state index < -0.39 is 6.04 Å². The number of guanidine groups is 1. The number of carbonyl (C=O) groups excluding carboxylic acids is 1. The summed E-state index contributed by atoms with van der Waals surface area (Å²) < 4.78 is 11.5. The summed E-state index contributed by atoms with van der Waals surface area (Å²) in [4.78, 5) is 15.0. The highest BCUT2D eigenvalue weighted by Gasteiger charge is 2.15. The quantitative estimate of drug-likeness (QED) is 0.218. The molecular formula is C8H18N4O2. The van der Waals surface area contributed by atoms with E-state index in [4.69, 9.17) is 12.8 Å². The van der Waals surface area contributed by atoms with Crippen molar-refractivity contribution in [3.05, 3.63) is 0 Å². The Morgan fingerprint density at radius 3 is 2.93 bits per heavy atom. The van der Waals surface area contributed by atoms with E-state index in [0.717, 1.165) is 0 Å². The number of carbonyl (C=O) groups is 1. The molecular weight excluding hydrogens is 184 g/mol. The lowest BCUT2D eigenvalue weighted by Gasteiger charge is -2.12. The number of nitrogens with one attached hydrogen (secondary N) is 1. The average Bonchev–Trinajstić information content (AvgIpc) is 2.21. The smallest absolute Gasteiger partial charge is 0.322 e. The van der Waals surface area contributed by atoms with Gasteiger partial charge in [-0.15, -0.1) is 0 Å². The maximum Gasteiger partial charge on any atom is 0.322 e. The van der Waals surface area contributed by atoms with Crippen LogP contribution in [0, 0.1) is 0 Å². The molecule has 0 bridgehead atoms. The summed E-state index contributed by atoms with van der Waals surface area (Å²) in [5.74, 6) is -0.329. The number of ether oxygens (including phenoxy) is 1. The summed E-state index contributed by atoms with van der Waals surface area (Å²) in [6.07, 6.45) is 1.20. The number of esters is 1. The molecule has 0 aliphatic heterocycles. The van der Waals surface area contributed by atoms with E-state index in [2.05, 4.69) is 15.0 Å². The molecule has 0 aromatic carbocycles. The maximum absolute atomic E-state index is 11.2. The summed E-state index contributed by atoms with van der Waals surface area (Å²) in [5.41, 5.74) is 10.3. The molecule has 0 rings (SSSR count). The fraction of sp³-hybridized carbons (Fsp3) is 0.750. The van der Waals surface area contributed by atoms with Crippen LogP contribution in [0.5, 0.6) is 0 Å². The van der Waals surface area contributed by atoms with Crippen molar-refractivity contribution < 1.29 is 10.9 Å². The normalized spacial score (nSPS) is 12.8. The Bertz CT molecular complexity index is 219. The first-order valence-corrected chi connectivity index (χ1v) is 4.27. The number of hydrogen-bond acceptors (Lipinski definition) is 4. The Morgan fingerprint density at radius 1 is 1.71 bits per heavy atom. The fourth-order valence-corrected chi connectivity index (χ4v) is 0.949. The van der Waals surface area contributed by atoms with Crippen molar-refractivity contribution in [1.82, 2.24) is 5.32 Å². The Hall–Kier alpha value is -1.30. The highest BCUT2D eigenvalue weighted by Crippen LogP contribution is 1.99. The summed E-state index contributed by atoms with van der Waals surface area (Å²) >= 11 is 0. The number of hydrogen-bond donors (Lipinski definition) is 3. The molecule has 0 spiro atoms. The molecule has 0 heterocycles. The average molecular weight is 203 g/mol. The molecule has 1 atom stereocenters. The van der Waals surface area contributed by atoms with Crippen molar-refractivity contribution in [2.75, 3.05) is 20.7 Å². The van der Waals surface area contributed by atoms with Gasteiger partial charge in [0.1, 0.15) is 6.04 Å². The summed E-state index contributed by atoms with van der Waals surface area (Å²) in [5, 5.41) is 2.70. The molecule has 0 aliphatic carbocycles. The molecule has 82 valence electrons. The van der Waals surface area contributed by atoms with E-state index in [9.17, 15) is 4.79 Å². The zero-order valence-corrected chi connectivity index (χ0v) is 8.32. The zero-order valence-electron chi connectivity index (χ0n) is 9.32. The van der Waals surface area contributed by atoms with Crippen LogP contribution in [0.2, 0.25) is 0 Å².